The van der Waals surface area contributed by atoms with Crippen molar-refractivity contribution in [1.29, 1.82) is 0 Å². The van der Waals surface area contributed by atoms with Gasteiger partial charge < -0.3 is 24.7 Å². The molecule has 2 atom stereocenters. The maximum Gasteiger partial charge on any atom is 0.229 e. The molecule has 2 aromatic carbocycles. The fraction of sp³-hybridized carbons (Fsp3) is 0.258. The first-order chi connectivity index (χ1) is 19.1. The summed E-state index contributed by atoms with van der Waals surface area (Å²) in [6.45, 7) is 7.68. The van der Waals surface area contributed by atoms with E-state index in [1.807, 2.05) is 74.2 Å². The Balaban J connectivity index is 1.51. The van der Waals surface area contributed by atoms with Crippen LogP contribution >= 0.6 is 24.0 Å². The van der Waals surface area contributed by atoms with E-state index in [4.69, 9.17) is 21.4 Å². The number of furan rings is 1. The summed E-state index contributed by atoms with van der Waals surface area (Å²) in [4.78, 5) is 20.4. The molecule has 1 aliphatic heterocycles. The van der Waals surface area contributed by atoms with Crippen LogP contribution in [-0.2, 0) is 4.79 Å². The van der Waals surface area contributed by atoms with E-state index in [1.165, 1.54) is 5.56 Å². The molecule has 0 spiro atoms. The number of aromatic nitrogens is 1. The van der Waals surface area contributed by atoms with Crippen LogP contribution in [0.15, 0.2) is 93.4 Å². The topological polar surface area (TPSA) is 79.6 Å². The average molecular weight is 573 g/mol. The third-order valence-corrected chi connectivity index (χ3v) is 7.87. The number of nitrogens with one attached hydrogen (secondary N) is 2. The number of hydrogen-bond donors (Lipinski definition) is 2. The number of anilines is 2. The van der Waals surface area contributed by atoms with Crippen LogP contribution in [0.5, 0.6) is 5.75 Å². The molecule has 0 unspecified atom stereocenters. The van der Waals surface area contributed by atoms with Crippen LogP contribution < -0.4 is 20.3 Å². The standard InChI is InChI=1S/C31H32N4O3S2/c1-19-9-12-21(13-10-19)40-26-16-15-24(38-26)28-27(23-8-6-7-17-32-23)34-30(39)35(28)20-11-14-22(25(18-20)37-5)33-29(36)31(2,3)4/h6-18,27-28H,1-5H3,(H,33,36)(H,34,39)/t27-,28-/m0/s1. The van der Waals surface area contributed by atoms with Gasteiger partial charge in [0.05, 0.1) is 24.5 Å². The molecule has 5 rings (SSSR count). The number of thiocarbonyl (C=S) groups is 1. The van der Waals surface area contributed by atoms with Crippen LogP contribution in [0.2, 0.25) is 0 Å². The SMILES string of the molecule is COc1cc(N2C(=S)N[C@@H](c3ccccn3)[C@@H]2c2ccc(Sc3ccc(C)cc3)o2)ccc1NC(=O)C(C)(C)C. The van der Waals surface area contributed by atoms with Crippen molar-refractivity contribution < 1.29 is 13.9 Å². The lowest BCUT2D eigenvalue weighted by molar-refractivity contribution is -0.123. The fourth-order valence-electron chi connectivity index (χ4n) is 4.44. The predicted molar refractivity (Wildman–Crippen MR) is 163 cm³/mol. The monoisotopic (exact) mass is 572 g/mol. The number of benzene rings is 2. The molecule has 0 saturated carbocycles. The second-order valence-corrected chi connectivity index (χ2v) is 12.1. The van der Waals surface area contributed by atoms with Gasteiger partial charge in [-0.25, -0.2) is 0 Å². The molecule has 40 heavy (non-hydrogen) atoms. The van der Waals surface area contributed by atoms with Crippen LogP contribution in [0, 0.1) is 12.3 Å². The average Bonchev–Trinajstić information content (AvgIpc) is 3.54. The van der Waals surface area contributed by atoms with Crippen LogP contribution in [0.25, 0.3) is 0 Å². The van der Waals surface area contributed by atoms with E-state index < -0.39 is 5.41 Å². The highest BCUT2D eigenvalue weighted by molar-refractivity contribution is 7.99. The van der Waals surface area contributed by atoms with E-state index in [1.54, 1.807) is 25.1 Å². The number of nitrogens with zero attached hydrogens (tertiary/aromatic N) is 2. The number of amides is 1. The van der Waals surface area contributed by atoms with Gasteiger partial charge in [0, 0.05) is 28.3 Å². The second-order valence-electron chi connectivity index (χ2n) is 10.7. The molecule has 2 N–H and O–H groups in total. The van der Waals surface area contributed by atoms with Crippen LogP contribution in [0.4, 0.5) is 11.4 Å². The molecule has 3 heterocycles. The summed E-state index contributed by atoms with van der Waals surface area (Å²) in [6.07, 6.45) is 1.77. The van der Waals surface area contributed by atoms with Crippen LogP contribution in [-0.4, -0.2) is 23.1 Å². The Kier molecular flexibility index (Phi) is 7.87. The molecule has 2 aromatic heterocycles. The quantitative estimate of drug-likeness (QED) is 0.223. The first-order valence-corrected chi connectivity index (χ1v) is 14.2. The molecule has 1 aliphatic rings. The summed E-state index contributed by atoms with van der Waals surface area (Å²) in [5.74, 6) is 1.19. The summed E-state index contributed by atoms with van der Waals surface area (Å²) in [5.41, 5.74) is 2.91. The number of carbonyl (C=O) groups is 1. The molecule has 1 saturated heterocycles. The van der Waals surface area contributed by atoms with Gasteiger partial charge >= 0.3 is 0 Å². The molecular weight excluding hydrogens is 541 g/mol. The summed E-state index contributed by atoms with van der Waals surface area (Å²) >= 11 is 7.43. The molecular formula is C31H32N4O3S2. The Hall–Kier alpha value is -3.82. The van der Waals surface area contributed by atoms with Gasteiger partial charge in [0.15, 0.2) is 10.2 Å². The number of carbonyl (C=O) groups excluding carboxylic acids is 1. The highest BCUT2D eigenvalue weighted by Gasteiger charge is 2.43. The van der Waals surface area contributed by atoms with Gasteiger partial charge in [-0.15, -0.1) is 0 Å². The summed E-state index contributed by atoms with van der Waals surface area (Å²) in [5, 5.41) is 7.76. The second kappa shape index (κ2) is 11.3. The Labute approximate surface area is 244 Å². The number of ether oxygens (including phenoxy) is 1. The Bertz CT molecular complexity index is 1510. The lowest BCUT2D eigenvalue weighted by Crippen LogP contribution is -2.30. The van der Waals surface area contributed by atoms with E-state index in [0.717, 1.165) is 27.1 Å². The van der Waals surface area contributed by atoms with E-state index in [2.05, 4.69) is 46.8 Å². The number of methoxy groups -OCH3 is 1. The minimum Gasteiger partial charge on any atom is -0.494 e. The zero-order valence-corrected chi connectivity index (χ0v) is 24.7. The van der Waals surface area contributed by atoms with Gasteiger partial charge in [-0.3, -0.25) is 9.78 Å². The van der Waals surface area contributed by atoms with Gasteiger partial charge in [0.25, 0.3) is 0 Å². The fourth-order valence-corrected chi connectivity index (χ4v) is 5.56. The Morgan fingerprint density at radius 1 is 1.10 bits per heavy atom. The van der Waals surface area contributed by atoms with E-state index >= 15 is 0 Å². The maximum atomic E-state index is 12.7. The zero-order valence-electron chi connectivity index (χ0n) is 23.1. The number of rotatable bonds is 7. The van der Waals surface area contributed by atoms with Crippen molar-refractivity contribution >= 4 is 46.4 Å². The van der Waals surface area contributed by atoms with Crippen molar-refractivity contribution in [2.75, 3.05) is 17.3 Å². The highest BCUT2D eigenvalue weighted by Crippen LogP contribution is 2.45. The van der Waals surface area contributed by atoms with Crippen molar-refractivity contribution in [3.63, 3.8) is 0 Å². The summed E-state index contributed by atoms with van der Waals surface area (Å²) in [7, 11) is 1.59. The Morgan fingerprint density at radius 2 is 1.88 bits per heavy atom. The molecule has 7 nitrogen and oxygen atoms in total. The van der Waals surface area contributed by atoms with Crippen molar-refractivity contribution in [3.05, 3.63) is 96.0 Å². The third-order valence-electron chi connectivity index (χ3n) is 6.62. The van der Waals surface area contributed by atoms with Crippen molar-refractivity contribution in [3.8, 4) is 5.75 Å². The van der Waals surface area contributed by atoms with Gasteiger partial charge in [0.2, 0.25) is 5.91 Å². The Morgan fingerprint density at radius 3 is 2.55 bits per heavy atom. The van der Waals surface area contributed by atoms with Crippen LogP contribution in [0.1, 0.15) is 49.9 Å². The number of pyridine rings is 1. The number of hydrogen-bond acceptors (Lipinski definition) is 6. The molecule has 9 heteroatoms. The predicted octanol–water partition coefficient (Wildman–Crippen LogP) is 7.30. The van der Waals surface area contributed by atoms with Gasteiger partial charge in [0.1, 0.15) is 17.6 Å². The van der Waals surface area contributed by atoms with E-state index in [9.17, 15) is 4.79 Å². The molecule has 1 fully saturated rings. The number of aryl methyl sites for hydroxylation is 1. The molecule has 1 amide bonds. The molecule has 0 radical (unpaired) electrons. The summed E-state index contributed by atoms with van der Waals surface area (Å²) < 4.78 is 12.1. The molecule has 0 aliphatic carbocycles. The van der Waals surface area contributed by atoms with Crippen LogP contribution in [0.3, 0.4) is 0 Å². The lowest BCUT2D eigenvalue weighted by Gasteiger charge is -2.27. The van der Waals surface area contributed by atoms with E-state index in [-0.39, 0.29) is 18.0 Å². The van der Waals surface area contributed by atoms with Gasteiger partial charge in [-0.05, 0) is 67.7 Å². The smallest absolute Gasteiger partial charge is 0.229 e. The first-order valence-electron chi connectivity index (χ1n) is 13.0. The molecule has 0 bridgehead atoms. The lowest BCUT2D eigenvalue weighted by atomic mass is 9.95. The maximum absolute atomic E-state index is 12.7. The minimum atomic E-state index is -0.543. The highest BCUT2D eigenvalue weighted by atomic mass is 32.2. The van der Waals surface area contributed by atoms with Crippen molar-refractivity contribution in [1.82, 2.24) is 10.3 Å². The van der Waals surface area contributed by atoms with E-state index in [0.29, 0.717) is 16.5 Å². The van der Waals surface area contributed by atoms with Crippen molar-refractivity contribution in [2.45, 2.75) is 49.8 Å². The van der Waals surface area contributed by atoms with Crippen molar-refractivity contribution in [2.24, 2.45) is 5.41 Å². The molecule has 4 aromatic rings. The van der Waals surface area contributed by atoms with Gasteiger partial charge in [-0.2, -0.15) is 0 Å². The summed E-state index contributed by atoms with van der Waals surface area (Å²) in [6, 6.07) is 23.3. The molecule has 206 valence electrons. The minimum absolute atomic E-state index is 0.0980. The third kappa shape index (κ3) is 5.85. The van der Waals surface area contributed by atoms with Gasteiger partial charge in [-0.1, -0.05) is 56.3 Å². The largest absolute Gasteiger partial charge is 0.494 e. The first kappa shape index (κ1) is 27.7. The zero-order chi connectivity index (χ0) is 28.4. The normalized spacial score (nSPS) is 17.0.